The van der Waals surface area contributed by atoms with Crippen LogP contribution < -0.4 is 0 Å². The van der Waals surface area contributed by atoms with Gasteiger partial charge in [0, 0.05) is 6.07 Å². The van der Waals surface area contributed by atoms with Crippen molar-refractivity contribution in [3.63, 3.8) is 0 Å². The zero-order valence-electron chi connectivity index (χ0n) is 8.34. The van der Waals surface area contributed by atoms with Gasteiger partial charge in [-0.05, 0) is 46.9 Å². The van der Waals surface area contributed by atoms with Crippen LogP contribution in [0.15, 0.2) is 29.0 Å². The number of rotatable bonds is 3. The Kier molecular flexibility index (Phi) is 3.29. The summed E-state index contributed by atoms with van der Waals surface area (Å²) in [6.45, 7) is 0. The summed E-state index contributed by atoms with van der Waals surface area (Å²) < 4.78 is 38.8. The maximum absolute atomic E-state index is 13.3. The molecule has 84 valence electrons. The highest BCUT2D eigenvalue weighted by atomic mass is 32.1. The molecular weight excluding hydrogens is 233 g/mol. The number of aryl methyl sites for hydroxylation is 2. The van der Waals surface area contributed by atoms with Crippen molar-refractivity contribution in [3.8, 4) is 0 Å². The van der Waals surface area contributed by atoms with Crippen molar-refractivity contribution in [2.24, 2.45) is 0 Å². The van der Waals surface area contributed by atoms with Crippen molar-refractivity contribution in [3.05, 3.63) is 57.5 Å². The van der Waals surface area contributed by atoms with Crippen LogP contribution in [0.25, 0.3) is 0 Å². The predicted octanol–water partition coefficient (Wildman–Crippen LogP) is 3.95. The van der Waals surface area contributed by atoms with Gasteiger partial charge in [-0.3, -0.25) is 0 Å². The second-order valence-electron chi connectivity index (χ2n) is 3.49. The van der Waals surface area contributed by atoms with Gasteiger partial charge < -0.3 is 0 Å². The molecule has 0 unspecified atom stereocenters. The molecule has 1 heterocycles. The lowest BCUT2D eigenvalue weighted by molar-refractivity contribution is 0.490. The smallest absolute Gasteiger partial charge is 0.161 e. The fourth-order valence-electron chi connectivity index (χ4n) is 1.47. The topological polar surface area (TPSA) is 0 Å². The summed E-state index contributed by atoms with van der Waals surface area (Å²) in [6, 6.07) is 3.46. The lowest BCUT2D eigenvalue weighted by atomic mass is 10.1. The van der Waals surface area contributed by atoms with Crippen molar-refractivity contribution in [2.45, 2.75) is 12.8 Å². The number of benzene rings is 1. The van der Waals surface area contributed by atoms with Gasteiger partial charge in [-0.25, -0.2) is 13.2 Å². The van der Waals surface area contributed by atoms with Crippen LogP contribution in [0.1, 0.15) is 11.1 Å². The van der Waals surface area contributed by atoms with Gasteiger partial charge >= 0.3 is 0 Å². The van der Waals surface area contributed by atoms with Crippen LogP contribution in [0.2, 0.25) is 0 Å². The molecule has 1 aromatic heterocycles. The molecule has 0 radical (unpaired) electrons. The summed E-state index contributed by atoms with van der Waals surface area (Å²) in [5.41, 5.74) is 1.29. The molecule has 0 N–H and O–H groups in total. The summed E-state index contributed by atoms with van der Waals surface area (Å²) in [7, 11) is 0. The van der Waals surface area contributed by atoms with Gasteiger partial charge in [0.05, 0.1) is 0 Å². The third-order valence-electron chi connectivity index (χ3n) is 2.35. The Balaban J connectivity index is 2.12. The van der Waals surface area contributed by atoms with Crippen molar-refractivity contribution in [1.29, 1.82) is 0 Å². The monoisotopic (exact) mass is 242 g/mol. The summed E-state index contributed by atoms with van der Waals surface area (Å²) >= 11 is 1.56. The minimum Gasteiger partial charge on any atom is -0.207 e. The maximum atomic E-state index is 13.3. The van der Waals surface area contributed by atoms with Crippen LogP contribution >= 0.6 is 11.3 Å². The van der Waals surface area contributed by atoms with Crippen molar-refractivity contribution in [2.75, 3.05) is 0 Å². The van der Waals surface area contributed by atoms with E-state index in [2.05, 4.69) is 0 Å². The second-order valence-corrected chi connectivity index (χ2v) is 4.27. The van der Waals surface area contributed by atoms with Crippen LogP contribution in [-0.4, -0.2) is 0 Å². The molecule has 0 fully saturated rings. The van der Waals surface area contributed by atoms with E-state index in [9.17, 15) is 13.2 Å². The molecule has 0 saturated carbocycles. The number of thiophene rings is 1. The molecule has 2 rings (SSSR count). The molecule has 0 nitrogen and oxygen atoms in total. The molecule has 0 saturated heterocycles. The van der Waals surface area contributed by atoms with Gasteiger partial charge in [-0.2, -0.15) is 11.3 Å². The summed E-state index contributed by atoms with van der Waals surface area (Å²) in [5.74, 6) is -2.83. The Morgan fingerprint density at radius 2 is 1.69 bits per heavy atom. The SMILES string of the molecule is Fc1cc(F)c(CCc2ccsc2)cc1F. The Hall–Kier alpha value is -1.29. The Labute approximate surface area is 95.4 Å². The molecule has 16 heavy (non-hydrogen) atoms. The molecule has 0 aliphatic heterocycles. The van der Waals surface area contributed by atoms with Crippen LogP contribution in [0.3, 0.4) is 0 Å². The maximum Gasteiger partial charge on any atom is 0.161 e. The fourth-order valence-corrected chi connectivity index (χ4v) is 2.17. The van der Waals surface area contributed by atoms with E-state index >= 15 is 0 Å². The normalized spacial score (nSPS) is 10.7. The standard InChI is InChI=1S/C12H9F3S/c13-10-6-12(15)11(14)5-9(10)2-1-8-3-4-16-7-8/h3-7H,1-2H2. The zero-order valence-corrected chi connectivity index (χ0v) is 9.16. The van der Waals surface area contributed by atoms with E-state index in [1.807, 2.05) is 16.8 Å². The minimum atomic E-state index is -1.14. The highest BCUT2D eigenvalue weighted by Gasteiger charge is 2.09. The van der Waals surface area contributed by atoms with E-state index in [-0.39, 0.29) is 5.56 Å². The van der Waals surface area contributed by atoms with Crippen molar-refractivity contribution >= 4 is 11.3 Å². The zero-order chi connectivity index (χ0) is 11.5. The average molecular weight is 242 g/mol. The molecule has 1 aromatic carbocycles. The predicted molar refractivity (Wildman–Crippen MR) is 58.0 cm³/mol. The van der Waals surface area contributed by atoms with E-state index in [1.54, 1.807) is 11.3 Å². The van der Waals surface area contributed by atoms with Crippen LogP contribution in [0, 0.1) is 17.5 Å². The van der Waals surface area contributed by atoms with E-state index in [4.69, 9.17) is 0 Å². The second kappa shape index (κ2) is 4.70. The third kappa shape index (κ3) is 2.44. The first-order valence-corrected chi connectivity index (χ1v) is 5.75. The molecular formula is C12H9F3S. The number of halogens is 3. The highest BCUT2D eigenvalue weighted by Crippen LogP contribution is 2.16. The van der Waals surface area contributed by atoms with Gasteiger partial charge in [0.1, 0.15) is 5.82 Å². The first kappa shape index (κ1) is 11.2. The minimum absolute atomic E-state index is 0.213. The molecule has 0 aliphatic carbocycles. The Morgan fingerprint density at radius 3 is 2.38 bits per heavy atom. The lowest BCUT2D eigenvalue weighted by Gasteiger charge is -2.03. The van der Waals surface area contributed by atoms with Gasteiger partial charge in [0.15, 0.2) is 11.6 Å². The Morgan fingerprint density at radius 1 is 0.938 bits per heavy atom. The van der Waals surface area contributed by atoms with E-state index in [0.717, 1.165) is 11.6 Å². The van der Waals surface area contributed by atoms with E-state index in [1.165, 1.54) is 0 Å². The molecule has 4 heteroatoms. The first-order valence-electron chi connectivity index (χ1n) is 4.81. The van der Waals surface area contributed by atoms with Crippen molar-refractivity contribution < 1.29 is 13.2 Å². The molecule has 0 atom stereocenters. The number of hydrogen-bond donors (Lipinski definition) is 0. The molecule has 0 amide bonds. The van der Waals surface area contributed by atoms with Crippen LogP contribution in [0.4, 0.5) is 13.2 Å². The Bertz CT molecular complexity index is 477. The highest BCUT2D eigenvalue weighted by molar-refractivity contribution is 7.07. The lowest BCUT2D eigenvalue weighted by Crippen LogP contribution is -1.97. The van der Waals surface area contributed by atoms with Crippen LogP contribution in [-0.2, 0) is 12.8 Å². The molecule has 0 aliphatic rings. The quantitative estimate of drug-likeness (QED) is 0.715. The van der Waals surface area contributed by atoms with Gasteiger partial charge in [-0.1, -0.05) is 0 Å². The first-order chi connectivity index (χ1) is 7.66. The molecule has 0 spiro atoms. The summed E-state index contributed by atoms with van der Waals surface area (Å²) in [4.78, 5) is 0. The van der Waals surface area contributed by atoms with Crippen molar-refractivity contribution in [1.82, 2.24) is 0 Å². The van der Waals surface area contributed by atoms with Gasteiger partial charge in [-0.15, -0.1) is 0 Å². The van der Waals surface area contributed by atoms with E-state index < -0.39 is 17.5 Å². The number of hydrogen-bond acceptors (Lipinski definition) is 1. The molecule has 2 aromatic rings. The largest absolute Gasteiger partial charge is 0.207 e. The summed E-state index contributed by atoms with van der Waals surface area (Å²) in [6.07, 6.45) is 1.01. The average Bonchev–Trinajstić information content (AvgIpc) is 2.74. The fraction of sp³-hybridized carbons (Fsp3) is 0.167. The van der Waals surface area contributed by atoms with E-state index in [0.29, 0.717) is 18.9 Å². The third-order valence-corrected chi connectivity index (χ3v) is 3.08. The van der Waals surface area contributed by atoms with Gasteiger partial charge in [0.25, 0.3) is 0 Å². The van der Waals surface area contributed by atoms with Gasteiger partial charge in [0.2, 0.25) is 0 Å². The molecule has 0 bridgehead atoms. The summed E-state index contributed by atoms with van der Waals surface area (Å²) in [5, 5.41) is 3.88. The van der Waals surface area contributed by atoms with Crippen LogP contribution in [0.5, 0.6) is 0 Å².